The van der Waals surface area contributed by atoms with Crippen molar-refractivity contribution in [1.29, 1.82) is 0 Å². The average Bonchev–Trinajstić information content (AvgIpc) is 2.81. The zero-order chi connectivity index (χ0) is 23.5. The van der Waals surface area contributed by atoms with Crippen LogP contribution >= 0.6 is 0 Å². The Balaban J connectivity index is 0.000000410. The predicted octanol–water partition coefficient (Wildman–Crippen LogP) is 7.16. The van der Waals surface area contributed by atoms with Crippen LogP contribution in [0.3, 0.4) is 0 Å². The van der Waals surface area contributed by atoms with Crippen LogP contribution in [-0.2, 0) is 4.74 Å². The van der Waals surface area contributed by atoms with Crippen molar-refractivity contribution < 1.29 is 9.47 Å². The van der Waals surface area contributed by atoms with Crippen molar-refractivity contribution in [2.75, 3.05) is 33.4 Å². The third kappa shape index (κ3) is 14.0. The van der Waals surface area contributed by atoms with Crippen LogP contribution in [0, 0.1) is 6.92 Å². The Morgan fingerprint density at radius 1 is 1.00 bits per heavy atom. The minimum Gasteiger partial charge on any atom is -0.497 e. The highest BCUT2D eigenvalue weighted by atomic mass is 16.5. The summed E-state index contributed by atoms with van der Waals surface area (Å²) in [4.78, 5) is 2.35. The van der Waals surface area contributed by atoms with Gasteiger partial charge >= 0.3 is 0 Å². The van der Waals surface area contributed by atoms with E-state index >= 15 is 0 Å². The van der Waals surface area contributed by atoms with Gasteiger partial charge in [-0.2, -0.15) is 0 Å². The number of ether oxygens (including phenoxy) is 2. The molecule has 1 fully saturated rings. The lowest BCUT2D eigenvalue weighted by molar-refractivity contribution is 0.0537. The SMILES string of the molecule is C/C=C(\C)N1CCOCC1.C=C(C)c1ccccc1.C=CC.COc1cccc(C)c1. The van der Waals surface area contributed by atoms with Crippen molar-refractivity contribution in [2.45, 2.75) is 34.6 Å². The summed E-state index contributed by atoms with van der Waals surface area (Å²) in [5.41, 5.74) is 4.94. The summed E-state index contributed by atoms with van der Waals surface area (Å²) in [7, 11) is 1.68. The molecule has 2 aromatic rings. The third-order valence-corrected chi connectivity index (χ3v) is 4.42. The fraction of sp³-hybridized carbons (Fsp3) is 0.357. The second-order valence-electron chi connectivity index (χ2n) is 7.10. The maximum atomic E-state index is 5.23. The van der Waals surface area contributed by atoms with E-state index in [1.807, 2.05) is 63.2 Å². The first-order chi connectivity index (χ1) is 14.9. The van der Waals surface area contributed by atoms with Crippen molar-refractivity contribution in [3.63, 3.8) is 0 Å². The van der Waals surface area contributed by atoms with Crippen LogP contribution in [0.5, 0.6) is 5.75 Å². The van der Waals surface area contributed by atoms with Crippen molar-refractivity contribution in [3.05, 3.63) is 96.7 Å². The Morgan fingerprint density at radius 2 is 1.58 bits per heavy atom. The molecule has 1 heterocycles. The highest BCUT2D eigenvalue weighted by Crippen LogP contribution is 2.10. The number of methoxy groups -OCH3 is 1. The van der Waals surface area contributed by atoms with E-state index in [0.717, 1.165) is 37.6 Å². The van der Waals surface area contributed by atoms with E-state index < -0.39 is 0 Å². The minimum absolute atomic E-state index is 0.880. The van der Waals surface area contributed by atoms with E-state index in [9.17, 15) is 0 Å². The van der Waals surface area contributed by atoms with Crippen molar-refractivity contribution in [1.82, 2.24) is 4.90 Å². The highest BCUT2D eigenvalue weighted by Gasteiger charge is 2.08. The highest BCUT2D eigenvalue weighted by molar-refractivity contribution is 5.60. The van der Waals surface area contributed by atoms with Crippen LogP contribution in [0.4, 0.5) is 0 Å². The van der Waals surface area contributed by atoms with Gasteiger partial charge in [0.1, 0.15) is 5.75 Å². The van der Waals surface area contributed by atoms with Crippen LogP contribution in [0.25, 0.3) is 5.57 Å². The van der Waals surface area contributed by atoms with Crippen LogP contribution in [0.2, 0.25) is 0 Å². The summed E-state index contributed by atoms with van der Waals surface area (Å²) in [6, 6.07) is 18.1. The summed E-state index contributed by atoms with van der Waals surface area (Å²) in [5, 5.41) is 0. The summed E-state index contributed by atoms with van der Waals surface area (Å²) >= 11 is 0. The number of rotatable bonds is 3. The minimum atomic E-state index is 0.880. The average molecular weight is 424 g/mol. The van der Waals surface area contributed by atoms with Crippen molar-refractivity contribution >= 4 is 5.57 Å². The fourth-order valence-corrected chi connectivity index (χ4v) is 2.56. The lowest BCUT2D eigenvalue weighted by Gasteiger charge is -2.29. The number of morpholine rings is 1. The van der Waals surface area contributed by atoms with Gasteiger partial charge in [0.2, 0.25) is 0 Å². The first-order valence-corrected chi connectivity index (χ1v) is 10.7. The standard InChI is InChI=1S/C9H10.C8H15NO.C8H10O.C3H6/c1-8(2)9-6-4-3-5-7-9;1-3-8(2)9-4-6-10-7-5-9;1-7-4-3-5-8(6-7)9-2;1-3-2/h3-7H,1H2,2H3;3H,4-7H2,1-2H3;3-6H,1-2H3;3H,1H2,2H3/b;8-3+;;. The zero-order valence-corrected chi connectivity index (χ0v) is 20.4. The zero-order valence-electron chi connectivity index (χ0n) is 20.4. The Hall–Kier alpha value is -2.78. The number of allylic oxidation sites excluding steroid dienone is 4. The van der Waals surface area contributed by atoms with Crippen LogP contribution < -0.4 is 4.74 Å². The van der Waals surface area contributed by atoms with Crippen LogP contribution in [0.15, 0.2) is 85.6 Å². The Bertz CT molecular complexity index is 760. The molecule has 0 aliphatic carbocycles. The smallest absolute Gasteiger partial charge is 0.119 e. The number of aryl methyl sites for hydroxylation is 1. The molecule has 0 bridgehead atoms. The number of nitrogens with zero attached hydrogens (tertiary/aromatic N) is 1. The van der Waals surface area contributed by atoms with E-state index in [-0.39, 0.29) is 0 Å². The van der Waals surface area contributed by atoms with Crippen LogP contribution in [0.1, 0.15) is 38.8 Å². The van der Waals surface area contributed by atoms with Gasteiger partial charge in [-0.1, -0.05) is 66.8 Å². The van der Waals surface area contributed by atoms with Gasteiger partial charge in [-0.15, -0.1) is 6.58 Å². The van der Waals surface area contributed by atoms with E-state index in [1.54, 1.807) is 13.2 Å². The molecule has 0 N–H and O–H groups in total. The molecule has 0 spiro atoms. The van der Waals surface area contributed by atoms with Gasteiger partial charge in [0.25, 0.3) is 0 Å². The lowest BCUT2D eigenvalue weighted by atomic mass is 10.1. The molecule has 0 atom stereocenters. The van der Waals surface area contributed by atoms with Gasteiger partial charge in [-0.25, -0.2) is 0 Å². The molecule has 0 amide bonds. The molecule has 3 rings (SSSR count). The van der Waals surface area contributed by atoms with Gasteiger partial charge in [0.05, 0.1) is 20.3 Å². The monoisotopic (exact) mass is 423 g/mol. The summed E-state index contributed by atoms with van der Waals surface area (Å²) in [6.45, 7) is 21.2. The molecule has 1 saturated heterocycles. The largest absolute Gasteiger partial charge is 0.497 e. The Labute approximate surface area is 190 Å². The molecule has 170 valence electrons. The van der Waals surface area contributed by atoms with Gasteiger partial charge in [0.15, 0.2) is 0 Å². The first-order valence-electron chi connectivity index (χ1n) is 10.7. The van der Waals surface area contributed by atoms with Gasteiger partial charge in [-0.05, 0) is 57.9 Å². The molecule has 31 heavy (non-hydrogen) atoms. The van der Waals surface area contributed by atoms with Gasteiger partial charge < -0.3 is 14.4 Å². The van der Waals surface area contributed by atoms with E-state index in [0.29, 0.717) is 0 Å². The van der Waals surface area contributed by atoms with Crippen molar-refractivity contribution in [3.8, 4) is 5.75 Å². The second-order valence-corrected chi connectivity index (χ2v) is 7.10. The third-order valence-electron chi connectivity index (χ3n) is 4.42. The van der Waals surface area contributed by atoms with E-state index in [1.165, 1.54) is 16.8 Å². The molecule has 0 radical (unpaired) electrons. The van der Waals surface area contributed by atoms with Gasteiger partial charge in [-0.3, -0.25) is 0 Å². The van der Waals surface area contributed by atoms with E-state index in [4.69, 9.17) is 9.47 Å². The molecule has 3 heteroatoms. The van der Waals surface area contributed by atoms with E-state index in [2.05, 4.69) is 50.1 Å². The quantitative estimate of drug-likeness (QED) is 0.489. The molecular formula is C28H41NO2. The number of hydrogen-bond donors (Lipinski definition) is 0. The molecule has 0 aromatic heterocycles. The summed E-state index contributed by atoms with van der Waals surface area (Å²) < 4.78 is 10.2. The Morgan fingerprint density at radius 3 is 1.97 bits per heavy atom. The predicted molar refractivity (Wildman–Crippen MR) is 137 cm³/mol. The lowest BCUT2D eigenvalue weighted by Crippen LogP contribution is -2.34. The molecular weight excluding hydrogens is 382 g/mol. The number of benzene rings is 2. The topological polar surface area (TPSA) is 21.7 Å². The normalized spacial score (nSPS) is 12.6. The first kappa shape index (κ1) is 28.2. The summed E-state index contributed by atoms with van der Waals surface area (Å²) in [5.74, 6) is 0.926. The van der Waals surface area contributed by atoms with Crippen molar-refractivity contribution in [2.24, 2.45) is 0 Å². The Kier molecular flexibility index (Phi) is 16.4. The van der Waals surface area contributed by atoms with Crippen LogP contribution in [-0.4, -0.2) is 38.3 Å². The molecule has 1 aliphatic rings. The maximum Gasteiger partial charge on any atom is 0.119 e. The summed E-state index contributed by atoms with van der Waals surface area (Å²) in [6.07, 6.45) is 3.89. The van der Waals surface area contributed by atoms with Gasteiger partial charge in [0, 0.05) is 18.8 Å². The molecule has 1 aliphatic heterocycles. The molecule has 3 nitrogen and oxygen atoms in total. The molecule has 2 aromatic carbocycles. The molecule has 0 unspecified atom stereocenters. The second kappa shape index (κ2) is 18.0. The fourth-order valence-electron chi connectivity index (χ4n) is 2.56. The maximum absolute atomic E-state index is 5.23. The number of hydrogen-bond acceptors (Lipinski definition) is 3. The molecule has 0 saturated carbocycles.